The van der Waals surface area contributed by atoms with E-state index in [2.05, 4.69) is 17.0 Å². The zero-order valence-corrected chi connectivity index (χ0v) is 10.2. The predicted molar refractivity (Wildman–Crippen MR) is 67.8 cm³/mol. The number of thioether (sulfide) groups is 1. The molecule has 2 rings (SSSR count). The summed E-state index contributed by atoms with van der Waals surface area (Å²) in [6.45, 7) is 3.20. The number of hydrogen-bond donors (Lipinski definition) is 0. The van der Waals surface area contributed by atoms with E-state index in [0.717, 1.165) is 25.9 Å². The molecule has 1 aromatic carbocycles. The first kappa shape index (κ1) is 11.7. The number of aldehydes is 1. The zero-order chi connectivity index (χ0) is 11.2. The first-order chi connectivity index (χ1) is 7.88. The van der Waals surface area contributed by atoms with Gasteiger partial charge in [0.15, 0.2) is 0 Å². The molecule has 0 amide bonds. The van der Waals surface area contributed by atoms with E-state index in [0.29, 0.717) is 0 Å². The Bertz CT molecular complexity index is 322. The Morgan fingerprint density at radius 3 is 2.56 bits per heavy atom. The highest BCUT2D eigenvalue weighted by Crippen LogP contribution is 2.23. The van der Waals surface area contributed by atoms with Crippen LogP contribution < -0.4 is 0 Å². The Kier molecular flexibility index (Phi) is 4.43. The molecule has 1 fully saturated rings. The summed E-state index contributed by atoms with van der Waals surface area (Å²) in [5.74, 6) is 0. The van der Waals surface area contributed by atoms with Gasteiger partial charge in [-0.15, -0.1) is 11.8 Å². The third-order valence-electron chi connectivity index (χ3n) is 2.82. The van der Waals surface area contributed by atoms with Crippen molar-refractivity contribution in [1.29, 1.82) is 0 Å². The van der Waals surface area contributed by atoms with Gasteiger partial charge >= 0.3 is 0 Å². The molecule has 0 aliphatic carbocycles. The van der Waals surface area contributed by atoms with Crippen LogP contribution in [0.5, 0.6) is 0 Å². The fourth-order valence-corrected chi connectivity index (χ4v) is 3.01. The number of benzene rings is 1. The maximum atomic E-state index is 11.0. The van der Waals surface area contributed by atoms with Crippen LogP contribution in [0.1, 0.15) is 12.8 Å². The van der Waals surface area contributed by atoms with E-state index in [1.165, 1.54) is 17.7 Å². The van der Waals surface area contributed by atoms with Crippen molar-refractivity contribution in [2.45, 2.75) is 23.0 Å². The van der Waals surface area contributed by atoms with Gasteiger partial charge in [0.25, 0.3) is 0 Å². The summed E-state index contributed by atoms with van der Waals surface area (Å²) in [6, 6.07) is 10.1. The van der Waals surface area contributed by atoms with Crippen molar-refractivity contribution < 1.29 is 4.79 Å². The van der Waals surface area contributed by atoms with E-state index in [1.807, 2.05) is 18.2 Å². The van der Waals surface area contributed by atoms with E-state index in [9.17, 15) is 4.79 Å². The average molecular weight is 235 g/mol. The van der Waals surface area contributed by atoms with Gasteiger partial charge in [0, 0.05) is 11.4 Å². The third kappa shape index (κ3) is 3.35. The minimum absolute atomic E-state index is 0.0699. The summed E-state index contributed by atoms with van der Waals surface area (Å²) in [5.41, 5.74) is 0. The lowest BCUT2D eigenvalue weighted by molar-refractivity contribution is -0.107. The number of rotatable bonds is 5. The number of carbonyl (C=O) groups is 1. The number of likely N-dealkylation sites (tertiary alicyclic amines) is 1. The number of carbonyl (C=O) groups excluding carboxylic acids is 1. The molecule has 3 heteroatoms. The van der Waals surface area contributed by atoms with Gasteiger partial charge < -0.3 is 9.69 Å². The average Bonchev–Trinajstić information content (AvgIpc) is 2.82. The molecule has 1 heterocycles. The Balaban J connectivity index is 1.87. The zero-order valence-electron chi connectivity index (χ0n) is 9.34. The van der Waals surface area contributed by atoms with Crippen molar-refractivity contribution in [3.05, 3.63) is 30.3 Å². The fraction of sp³-hybridized carbons (Fsp3) is 0.462. The SMILES string of the molecule is O=CC(CN1CCCC1)Sc1ccccc1. The molecule has 0 radical (unpaired) electrons. The molecular formula is C13H17NOS. The highest BCUT2D eigenvalue weighted by molar-refractivity contribution is 8.00. The molecule has 0 aromatic heterocycles. The molecule has 1 aliphatic heterocycles. The van der Waals surface area contributed by atoms with Gasteiger partial charge in [-0.05, 0) is 38.1 Å². The Morgan fingerprint density at radius 2 is 1.94 bits per heavy atom. The van der Waals surface area contributed by atoms with Crippen LogP contribution in [0.25, 0.3) is 0 Å². The highest BCUT2D eigenvalue weighted by atomic mass is 32.2. The van der Waals surface area contributed by atoms with E-state index >= 15 is 0 Å². The second-order valence-electron chi connectivity index (χ2n) is 4.11. The van der Waals surface area contributed by atoms with Crippen molar-refractivity contribution >= 4 is 18.0 Å². The summed E-state index contributed by atoms with van der Waals surface area (Å²) < 4.78 is 0. The van der Waals surface area contributed by atoms with Crippen LogP contribution in [0.15, 0.2) is 35.2 Å². The number of nitrogens with zero attached hydrogens (tertiary/aromatic N) is 1. The van der Waals surface area contributed by atoms with Crippen molar-refractivity contribution in [1.82, 2.24) is 4.90 Å². The molecule has 0 spiro atoms. The molecule has 1 atom stereocenters. The van der Waals surface area contributed by atoms with Crippen LogP contribution in [-0.4, -0.2) is 36.1 Å². The number of hydrogen-bond acceptors (Lipinski definition) is 3. The van der Waals surface area contributed by atoms with E-state index in [-0.39, 0.29) is 5.25 Å². The molecule has 1 aliphatic rings. The largest absolute Gasteiger partial charge is 0.302 e. The highest BCUT2D eigenvalue weighted by Gasteiger charge is 2.17. The van der Waals surface area contributed by atoms with Crippen LogP contribution in [0, 0.1) is 0 Å². The Morgan fingerprint density at radius 1 is 1.25 bits per heavy atom. The summed E-state index contributed by atoms with van der Waals surface area (Å²) in [6.07, 6.45) is 3.64. The van der Waals surface area contributed by atoms with Gasteiger partial charge in [0.2, 0.25) is 0 Å². The summed E-state index contributed by atoms with van der Waals surface area (Å²) in [7, 11) is 0. The summed E-state index contributed by atoms with van der Waals surface area (Å²) in [5, 5.41) is 0.0699. The molecule has 2 nitrogen and oxygen atoms in total. The van der Waals surface area contributed by atoms with Crippen LogP contribution >= 0.6 is 11.8 Å². The van der Waals surface area contributed by atoms with Gasteiger partial charge in [0.05, 0.1) is 5.25 Å². The predicted octanol–water partition coefficient (Wildman–Crippen LogP) is 2.44. The van der Waals surface area contributed by atoms with E-state index < -0.39 is 0 Å². The van der Waals surface area contributed by atoms with Gasteiger partial charge in [-0.1, -0.05) is 18.2 Å². The Labute approximate surface area is 101 Å². The summed E-state index contributed by atoms with van der Waals surface area (Å²) >= 11 is 1.67. The van der Waals surface area contributed by atoms with Gasteiger partial charge in [-0.2, -0.15) is 0 Å². The topological polar surface area (TPSA) is 20.3 Å². The quantitative estimate of drug-likeness (QED) is 0.577. The molecule has 1 aromatic rings. The van der Waals surface area contributed by atoms with Crippen molar-refractivity contribution in [2.75, 3.05) is 19.6 Å². The second-order valence-corrected chi connectivity index (χ2v) is 5.43. The van der Waals surface area contributed by atoms with Crippen molar-refractivity contribution in [2.24, 2.45) is 0 Å². The van der Waals surface area contributed by atoms with Crippen LogP contribution in [0.3, 0.4) is 0 Å². The van der Waals surface area contributed by atoms with Crippen LogP contribution in [0.2, 0.25) is 0 Å². The standard InChI is InChI=1S/C13H17NOS/c15-11-13(10-14-8-4-5-9-14)16-12-6-2-1-3-7-12/h1-3,6-7,11,13H,4-5,8-10H2. The molecule has 0 N–H and O–H groups in total. The Hall–Kier alpha value is -0.800. The molecule has 0 saturated carbocycles. The van der Waals surface area contributed by atoms with E-state index in [4.69, 9.17) is 0 Å². The lowest BCUT2D eigenvalue weighted by Crippen LogP contribution is -2.29. The third-order valence-corrected chi connectivity index (χ3v) is 3.93. The van der Waals surface area contributed by atoms with Crippen LogP contribution in [0.4, 0.5) is 0 Å². The molecule has 16 heavy (non-hydrogen) atoms. The van der Waals surface area contributed by atoms with Gasteiger partial charge in [0.1, 0.15) is 6.29 Å². The molecular weight excluding hydrogens is 218 g/mol. The van der Waals surface area contributed by atoms with Crippen LogP contribution in [-0.2, 0) is 4.79 Å². The first-order valence-electron chi connectivity index (χ1n) is 5.78. The lowest BCUT2D eigenvalue weighted by Gasteiger charge is -2.18. The molecule has 86 valence electrons. The minimum atomic E-state index is 0.0699. The first-order valence-corrected chi connectivity index (χ1v) is 6.66. The van der Waals surface area contributed by atoms with Crippen molar-refractivity contribution in [3.8, 4) is 0 Å². The monoisotopic (exact) mass is 235 g/mol. The maximum absolute atomic E-state index is 11.0. The summed E-state index contributed by atoms with van der Waals surface area (Å²) in [4.78, 5) is 14.6. The second kappa shape index (κ2) is 6.06. The maximum Gasteiger partial charge on any atom is 0.134 e. The fourth-order valence-electron chi connectivity index (χ4n) is 2.00. The minimum Gasteiger partial charge on any atom is -0.302 e. The molecule has 1 saturated heterocycles. The normalized spacial score (nSPS) is 18.5. The molecule has 0 bridgehead atoms. The lowest BCUT2D eigenvalue weighted by atomic mass is 10.4. The smallest absolute Gasteiger partial charge is 0.134 e. The molecule has 1 unspecified atom stereocenters. The van der Waals surface area contributed by atoms with E-state index in [1.54, 1.807) is 11.8 Å². The van der Waals surface area contributed by atoms with Crippen molar-refractivity contribution in [3.63, 3.8) is 0 Å². The van der Waals surface area contributed by atoms with Gasteiger partial charge in [-0.25, -0.2) is 0 Å². The van der Waals surface area contributed by atoms with Gasteiger partial charge in [-0.3, -0.25) is 0 Å².